The van der Waals surface area contributed by atoms with Gasteiger partial charge in [-0.05, 0) is 19.4 Å². The monoisotopic (exact) mass is 332 g/mol. The zero-order valence-corrected chi connectivity index (χ0v) is 14.4. The normalized spacial score (nSPS) is 16.3. The predicted octanol–water partition coefficient (Wildman–Crippen LogP) is 3.45. The number of piperazine rings is 1. The van der Waals surface area contributed by atoms with Gasteiger partial charge in [0.1, 0.15) is 5.75 Å². The summed E-state index contributed by atoms with van der Waals surface area (Å²) in [6, 6.07) is 8.71. The van der Waals surface area contributed by atoms with Crippen LogP contribution < -0.4 is 10.1 Å². The Labute approximate surface area is 140 Å². The number of ether oxygens (including phenoxy) is 1. The molecule has 1 aliphatic rings. The van der Waals surface area contributed by atoms with Gasteiger partial charge in [-0.3, -0.25) is 4.90 Å². The largest absolute Gasteiger partial charge is 0.496 e. The molecule has 0 radical (unpaired) electrons. The summed E-state index contributed by atoms with van der Waals surface area (Å²) in [6.07, 6.45) is 0.986. The predicted molar refractivity (Wildman–Crippen MR) is 94.1 cm³/mol. The Kier molecular flexibility index (Phi) is 9.71. The highest BCUT2D eigenvalue weighted by Crippen LogP contribution is 2.33. The van der Waals surface area contributed by atoms with Crippen molar-refractivity contribution < 1.29 is 4.74 Å². The molecular formula is C16H26Cl2N2O. The third-order valence-electron chi connectivity index (χ3n) is 3.63. The first-order valence-corrected chi connectivity index (χ1v) is 6.94. The van der Waals surface area contributed by atoms with Gasteiger partial charge in [-0.1, -0.05) is 23.8 Å². The van der Waals surface area contributed by atoms with E-state index in [9.17, 15) is 0 Å². The van der Waals surface area contributed by atoms with E-state index < -0.39 is 0 Å². The number of nitrogens with one attached hydrogen (secondary N) is 1. The van der Waals surface area contributed by atoms with Crippen LogP contribution in [0.3, 0.4) is 0 Å². The maximum atomic E-state index is 5.53. The number of rotatable bonds is 5. The van der Waals surface area contributed by atoms with Gasteiger partial charge < -0.3 is 10.1 Å². The van der Waals surface area contributed by atoms with Gasteiger partial charge in [0.15, 0.2) is 0 Å². The van der Waals surface area contributed by atoms with E-state index in [2.05, 4.69) is 35.9 Å². The highest BCUT2D eigenvalue weighted by atomic mass is 35.5. The van der Waals surface area contributed by atoms with Gasteiger partial charge in [0.25, 0.3) is 0 Å². The Morgan fingerprint density at radius 3 is 2.48 bits per heavy atom. The van der Waals surface area contributed by atoms with Crippen LogP contribution in [0.15, 0.2) is 36.4 Å². The summed E-state index contributed by atoms with van der Waals surface area (Å²) in [5.41, 5.74) is 2.49. The Hall–Kier alpha value is -0.740. The molecule has 5 heteroatoms. The number of benzene rings is 1. The van der Waals surface area contributed by atoms with Gasteiger partial charge in [-0.25, -0.2) is 0 Å². The lowest BCUT2D eigenvalue weighted by Crippen LogP contribution is -2.45. The van der Waals surface area contributed by atoms with Crippen LogP contribution in [0.2, 0.25) is 0 Å². The van der Waals surface area contributed by atoms with E-state index in [4.69, 9.17) is 4.74 Å². The van der Waals surface area contributed by atoms with Gasteiger partial charge in [0.05, 0.1) is 7.11 Å². The molecule has 1 N–H and O–H groups in total. The summed E-state index contributed by atoms with van der Waals surface area (Å²) in [5, 5.41) is 3.41. The Bertz CT molecular complexity index is 434. The fourth-order valence-corrected chi connectivity index (χ4v) is 2.70. The number of hydrogen-bond acceptors (Lipinski definition) is 3. The van der Waals surface area contributed by atoms with Crippen LogP contribution in [0.5, 0.6) is 5.75 Å². The molecule has 1 heterocycles. The molecule has 0 aromatic heterocycles. The van der Waals surface area contributed by atoms with Gasteiger partial charge >= 0.3 is 0 Å². The van der Waals surface area contributed by atoms with Crippen molar-refractivity contribution in [1.29, 1.82) is 0 Å². The molecule has 1 aliphatic heterocycles. The lowest BCUT2D eigenvalue weighted by atomic mass is 9.97. The molecule has 120 valence electrons. The highest BCUT2D eigenvalue weighted by molar-refractivity contribution is 5.85. The zero-order chi connectivity index (χ0) is 13.7. The number of para-hydroxylation sites is 1. The zero-order valence-electron chi connectivity index (χ0n) is 12.8. The topological polar surface area (TPSA) is 24.5 Å². The van der Waals surface area contributed by atoms with Crippen LogP contribution in [0.1, 0.15) is 24.9 Å². The SMILES string of the molecule is C=C(C)C[C@H](c1ccccc1OC)N1CCNCC1.Cl.Cl. The first-order valence-electron chi connectivity index (χ1n) is 6.94. The summed E-state index contributed by atoms with van der Waals surface area (Å²) >= 11 is 0. The fraction of sp³-hybridized carbons (Fsp3) is 0.500. The summed E-state index contributed by atoms with van der Waals surface area (Å²) in [4.78, 5) is 2.53. The average molecular weight is 333 g/mol. The van der Waals surface area contributed by atoms with E-state index in [0.29, 0.717) is 6.04 Å². The third-order valence-corrected chi connectivity index (χ3v) is 3.63. The summed E-state index contributed by atoms with van der Waals surface area (Å²) in [6.45, 7) is 10.5. The summed E-state index contributed by atoms with van der Waals surface area (Å²) < 4.78 is 5.53. The Morgan fingerprint density at radius 1 is 1.29 bits per heavy atom. The van der Waals surface area contributed by atoms with Crippen molar-refractivity contribution in [2.75, 3.05) is 33.3 Å². The van der Waals surface area contributed by atoms with Gasteiger partial charge in [-0.2, -0.15) is 0 Å². The number of halogens is 2. The smallest absolute Gasteiger partial charge is 0.123 e. The standard InChI is InChI=1S/C16H24N2O.2ClH/c1-13(2)12-15(18-10-8-17-9-11-18)14-6-4-5-7-16(14)19-3;;/h4-7,15,17H,1,8-12H2,2-3H3;2*1H/t15-;;/m1../s1. The van der Waals surface area contributed by atoms with Gasteiger partial charge in [0.2, 0.25) is 0 Å². The van der Waals surface area contributed by atoms with Crippen LogP contribution in [0.25, 0.3) is 0 Å². The number of methoxy groups -OCH3 is 1. The van der Waals surface area contributed by atoms with Crippen molar-refractivity contribution in [3.63, 3.8) is 0 Å². The van der Waals surface area contributed by atoms with E-state index >= 15 is 0 Å². The Morgan fingerprint density at radius 2 is 1.90 bits per heavy atom. The molecule has 2 rings (SSSR count). The van der Waals surface area contributed by atoms with E-state index in [1.54, 1.807) is 7.11 Å². The number of nitrogens with zero attached hydrogens (tertiary/aromatic N) is 1. The molecule has 0 aliphatic carbocycles. The summed E-state index contributed by atoms with van der Waals surface area (Å²) in [7, 11) is 1.74. The molecule has 0 amide bonds. The van der Waals surface area contributed by atoms with Crippen molar-refractivity contribution >= 4 is 24.8 Å². The van der Waals surface area contributed by atoms with Crippen molar-refractivity contribution in [2.24, 2.45) is 0 Å². The molecule has 21 heavy (non-hydrogen) atoms. The highest BCUT2D eigenvalue weighted by Gasteiger charge is 2.24. The lowest BCUT2D eigenvalue weighted by Gasteiger charge is -2.36. The summed E-state index contributed by atoms with van der Waals surface area (Å²) in [5.74, 6) is 0.979. The van der Waals surface area contributed by atoms with Crippen LogP contribution in [-0.4, -0.2) is 38.2 Å². The maximum Gasteiger partial charge on any atom is 0.123 e. The molecule has 1 saturated heterocycles. The van der Waals surface area contributed by atoms with Crippen LogP contribution in [0, 0.1) is 0 Å². The molecule has 1 aromatic carbocycles. The second-order valence-corrected chi connectivity index (χ2v) is 5.20. The van der Waals surface area contributed by atoms with Crippen LogP contribution in [-0.2, 0) is 0 Å². The van der Waals surface area contributed by atoms with Gasteiger partial charge in [-0.15, -0.1) is 31.4 Å². The van der Waals surface area contributed by atoms with E-state index in [1.165, 1.54) is 11.1 Å². The molecule has 0 bridgehead atoms. The molecule has 1 aromatic rings. The molecule has 0 saturated carbocycles. The van der Waals surface area contributed by atoms with E-state index in [1.807, 2.05) is 12.1 Å². The van der Waals surface area contributed by atoms with Crippen LogP contribution in [0.4, 0.5) is 0 Å². The average Bonchev–Trinajstić information content (AvgIpc) is 2.45. The second-order valence-electron chi connectivity index (χ2n) is 5.20. The lowest BCUT2D eigenvalue weighted by molar-refractivity contribution is 0.169. The van der Waals surface area contributed by atoms with E-state index in [-0.39, 0.29) is 24.8 Å². The van der Waals surface area contributed by atoms with E-state index in [0.717, 1.165) is 38.3 Å². The minimum absolute atomic E-state index is 0. The molecule has 0 spiro atoms. The minimum Gasteiger partial charge on any atom is -0.496 e. The quantitative estimate of drug-likeness (QED) is 0.836. The Balaban J connectivity index is 0.00000200. The fourth-order valence-electron chi connectivity index (χ4n) is 2.70. The van der Waals surface area contributed by atoms with Gasteiger partial charge in [0, 0.05) is 37.8 Å². The molecule has 1 fully saturated rings. The maximum absolute atomic E-state index is 5.53. The number of hydrogen-bond donors (Lipinski definition) is 1. The first kappa shape index (κ1) is 20.3. The minimum atomic E-state index is 0. The molecular weight excluding hydrogens is 307 g/mol. The molecule has 1 atom stereocenters. The molecule has 0 unspecified atom stereocenters. The van der Waals surface area contributed by atoms with Crippen molar-refractivity contribution in [1.82, 2.24) is 10.2 Å². The van der Waals surface area contributed by atoms with Crippen LogP contribution >= 0.6 is 24.8 Å². The second kappa shape index (κ2) is 10.1. The van der Waals surface area contributed by atoms with Crippen molar-refractivity contribution in [3.05, 3.63) is 42.0 Å². The first-order chi connectivity index (χ1) is 9.22. The van der Waals surface area contributed by atoms with Crippen molar-refractivity contribution in [3.8, 4) is 5.75 Å². The van der Waals surface area contributed by atoms with Crippen molar-refractivity contribution in [2.45, 2.75) is 19.4 Å². The third kappa shape index (κ3) is 5.51. The molecule has 3 nitrogen and oxygen atoms in total.